The van der Waals surface area contributed by atoms with Crippen LogP contribution in [0.2, 0.25) is 0 Å². The molecule has 1 atom stereocenters. The first-order valence-electron chi connectivity index (χ1n) is 6.88. The van der Waals surface area contributed by atoms with E-state index >= 15 is 0 Å². The Morgan fingerprint density at radius 3 is 2.00 bits per heavy atom. The third-order valence-corrected chi connectivity index (χ3v) is 3.64. The molecule has 0 spiro atoms. The molecule has 94 valence electrons. The van der Waals surface area contributed by atoms with Crippen molar-refractivity contribution < 1.29 is 0 Å². The second-order valence-corrected chi connectivity index (χ2v) is 5.14. The zero-order chi connectivity index (χ0) is 12.1. The molecule has 0 aromatic heterocycles. The summed E-state index contributed by atoms with van der Waals surface area (Å²) in [7, 11) is 0. The average Bonchev–Trinajstić information content (AvgIpc) is 2.29. The fourth-order valence-electron chi connectivity index (χ4n) is 2.49. The second-order valence-electron chi connectivity index (χ2n) is 5.14. The smallest absolute Gasteiger partial charge is 0.0366 e. The van der Waals surface area contributed by atoms with Crippen LogP contribution in [0.4, 0.5) is 5.69 Å². The van der Waals surface area contributed by atoms with E-state index in [2.05, 4.69) is 29.2 Å². The molecule has 2 nitrogen and oxygen atoms in total. The highest BCUT2D eigenvalue weighted by Gasteiger charge is 2.09. The first-order chi connectivity index (χ1) is 8.27. The summed E-state index contributed by atoms with van der Waals surface area (Å²) in [6.07, 6.45) is 6.84. The summed E-state index contributed by atoms with van der Waals surface area (Å²) < 4.78 is 0. The monoisotopic (exact) mass is 232 g/mol. The molecule has 1 aliphatic heterocycles. The van der Waals surface area contributed by atoms with Crippen LogP contribution in [-0.2, 0) is 0 Å². The lowest BCUT2D eigenvalue weighted by Crippen LogP contribution is -2.26. The molecule has 17 heavy (non-hydrogen) atoms. The highest BCUT2D eigenvalue weighted by molar-refractivity contribution is 5.48. The van der Waals surface area contributed by atoms with Crippen LogP contribution in [0.5, 0.6) is 0 Å². The van der Waals surface area contributed by atoms with Gasteiger partial charge in [-0.25, -0.2) is 0 Å². The van der Waals surface area contributed by atoms with Gasteiger partial charge in [-0.15, -0.1) is 0 Å². The zero-order valence-electron chi connectivity index (χ0n) is 10.9. The lowest BCUT2D eigenvalue weighted by molar-refractivity contribution is 0.556. The molecule has 0 aliphatic carbocycles. The van der Waals surface area contributed by atoms with Crippen LogP contribution >= 0.6 is 0 Å². The van der Waals surface area contributed by atoms with Crippen molar-refractivity contribution in [2.75, 3.05) is 18.0 Å². The van der Waals surface area contributed by atoms with Crippen LogP contribution in [0.25, 0.3) is 0 Å². The molecule has 2 rings (SSSR count). The predicted molar refractivity (Wildman–Crippen MR) is 74.3 cm³/mol. The van der Waals surface area contributed by atoms with Gasteiger partial charge in [-0.3, -0.25) is 0 Å². The fraction of sp³-hybridized carbons (Fsp3) is 0.600. The summed E-state index contributed by atoms with van der Waals surface area (Å²) in [5, 5.41) is 0. The first-order valence-corrected chi connectivity index (χ1v) is 6.88. The van der Waals surface area contributed by atoms with E-state index in [0.717, 1.165) is 0 Å². The van der Waals surface area contributed by atoms with Crippen molar-refractivity contribution in [2.45, 2.75) is 45.1 Å². The largest absolute Gasteiger partial charge is 0.372 e. The van der Waals surface area contributed by atoms with E-state index in [-0.39, 0.29) is 6.04 Å². The molecule has 1 saturated heterocycles. The van der Waals surface area contributed by atoms with Crippen molar-refractivity contribution in [1.82, 2.24) is 0 Å². The first kappa shape index (κ1) is 12.4. The molecule has 1 aromatic carbocycles. The van der Waals surface area contributed by atoms with E-state index in [9.17, 15) is 0 Å². The minimum Gasteiger partial charge on any atom is -0.372 e. The average molecular weight is 232 g/mol. The number of benzene rings is 1. The van der Waals surface area contributed by atoms with Gasteiger partial charge >= 0.3 is 0 Å². The van der Waals surface area contributed by atoms with Crippen LogP contribution in [0.1, 0.15) is 50.6 Å². The summed E-state index contributed by atoms with van der Waals surface area (Å²) in [6.45, 7) is 4.44. The van der Waals surface area contributed by atoms with E-state index in [4.69, 9.17) is 5.73 Å². The van der Waals surface area contributed by atoms with Crippen LogP contribution in [0.3, 0.4) is 0 Å². The molecule has 2 heteroatoms. The van der Waals surface area contributed by atoms with Gasteiger partial charge in [0.15, 0.2) is 0 Å². The van der Waals surface area contributed by atoms with E-state index in [1.807, 2.05) is 6.92 Å². The molecule has 1 aromatic rings. The maximum atomic E-state index is 5.87. The SMILES string of the molecule is C[C@H](N)c1ccc(N2CCCCCCC2)cc1. The van der Waals surface area contributed by atoms with Crippen LogP contribution in [0.15, 0.2) is 24.3 Å². The van der Waals surface area contributed by atoms with Crippen molar-refractivity contribution >= 4 is 5.69 Å². The van der Waals surface area contributed by atoms with Crippen molar-refractivity contribution in [3.8, 4) is 0 Å². The molecular weight excluding hydrogens is 208 g/mol. The topological polar surface area (TPSA) is 29.3 Å². The molecule has 1 fully saturated rings. The fourth-order valence-corrected chi connectivity index (χ4v) is 2.49. The van der Waals surface area contributed by atoms with E-state index in [0.29, 0.717) is 0 Å². The van der Waals surface area contributed by atoms with Crippen molar-refractivity contribution in [2.24, 2.45) is 5.73 Å². The van der Waals surface area contributed by atoms with Gasteiger partial charge in [0.1, 0.15) is 0 Å². The third kappa shape index (κ3) is 3.47. The molecule has 0 radical (unpaired) electrons. The van der Waals surface area contributed by atoms with E-state index in [1.165, 1.54) is 56.4 Å². The Bertz CT molecular complexity index is 321. The Kier molecular flexibility index (Phi) is 4.43. The number of nitrogens with two attached hydrogens (primary N) is 1. The third-order valence-electron chi connectivity index (χ3n) is 3.64. The number of nitrogens with zero attached hydrogens (tertiary/aromatic N) is 1. The Balaban J connectivity index is 2.04. The summed E-state index contributed by atoms with van der Waals surface area (Å²) >= 11 is 0. The number of rotatable bonds is 2. The lowest BCUT2D eigenvalue weighted by atomic mass is 10.1. The standard InChI is InChI=1S/C15H24N2/c1-13(16)14-7-9-15(10-8-14)17-11-5-3-2-4-6-12-17/h7-10,13H,2-6,11-12,16H2,1H3/t13-/m0/s1. The van der Waals surface area contributed by atoms with Gasteiger partial charge in [0.2, 0.25) is 0 Å². The number of anilines is 1. The van der Waals surface area contributed by atoms with Crippen molar-refractivity contribution in [3.63, 3.8) is 0 Å². The van der Waals surface area contributed by atoms with Crippen molar-refractivity contribution in [3.05, 3.63) is 29.8 Å². The Labute approximate surface area is 105 Å². The predicted octanol–water partition coefficient (Wildman–Crippen LogP) is 3.48. The van der Waals surface area contributed by atoms with Crippen LogP contribution in [-0.4, -0.2) is 13.1 Å². The van der Waals surface area contributed by atoms with Gasteiger partial charge in [0.05, 0.1) is 0 Å². The van der Waals surface area contributed by atoms with Gasteiger partial charge in [0.25, 0.3) is 0 Å². The van der Waals surface area contributed by atoms with E-state index in [1.54, 1.807) is 0 Å². The Hall–Kier alpha value is -1.02. The maximum Gasteiger partial charge on any atom is 0.0366 e. The van der Waals surface area contributed by atoms with Gasteiger partial charge < -0.3 is 10.6 Å². The Morgan fingerprint density at radius 2 is 1.47 bits per heavy atom. The molecule has 0 bridgehead atoms. The van der Waals surface area contributed by atoms with Gasteiger partial charge in [0, 0.05) is 24.8 Å². The summed E-state index contributed by atoms with van der Waals surface area (Å²) in [5.74, 6) is 0. The number of hydrogen-bond acceptors (Lipinski definition) is 2. The van der Waals surface area contributed by atoms with Gasteiger partial charge in [-0.05, 0) is 37.5 Å². The van der Waals surface area contributed by atoms with Gasteiger partial charge in [-0.2, -0.15) is 0 Å². The highest BCUT2D eigenvalue weighted by Crippen LogP contribution is 2.21. The summed E-state index contributed by atoms with van der Waals surface area (Å²) in [6, 6.07) is 8.91. The van der Waals surface area contributed by atoms with Gasteiger partial charge in [-0.1, -0.05) is 31.4 Å². The summed E-state index contributed by atoms with van der Waals surface area (Å²) in [4.78, 5) is 2.52. The molecular formula is C15H24N2. The minimum atomic E-state index is 0.136. The molecule has 0 saturated carbocycles. The molecule has 1 heterocycles. The molecule has 0 amide bonds. The van der Waals surface area contributed by atoms with E-state index < -0.39 is 0 Å². The highest BCUT2D eigenvalue weighted by atomic mass is 15.1. The molecule has 0 unspecified atom stereocenters. The van der Waals surface area contributed by atoms with Crippen molar-refractivity contribution in [1.29, 1.82) is 0 Å². The quantitative estimate of drug-likeness (QED) is 0.846. The molecule has 1 aliphatic rings. The normalized spacial score (nSPS) is 19.5. The summed E-state index contributed by atoms with van der Waals surface area (Å²) in [5.41, 5.74) is 8.45. The lowest BCUT2D eigenvalue weighted by Gasteiger charge is -2.27. The Morgan fingerprint density at radius 1 is 0.941 bits per heavy atom. The van der Waals surface area contributed by atoms with Crippen LogP contribution < -0.4 is 10.6 Å². The second kappa shape index (κ2) is 6.06. The molecule has 2 N–H and O–H groups in total. The van der Waals surface area contributed by atoms with Crippen LogP contribution in [0, 0.1) is 0 Å². The zero-order valence-corrected chi connectivity index (χ0v) is 10.9. The number of hydrogen-bond donors (Lipinski definition) is 1. The maximum absolute atomic E-state index is 5.87. The minimum absolute atomic E-state index is 0.136.